The molecule has 2 aromatic carbocycles. The Labute approximate surface area is 143 Å². The van der Waals surface area contributed by atoms with E-state index in [9.17, 15) is 4.79 Å². The van der Waals surface area contributed by atoms with Crippen molar-refractivity contribution in [1.29, 1.82) is 0 Å². The molecule has 3 nitrogen and oxygen atoms in total. The molecule has 1 N–H and O–H groups in total. The number of fused-ring (bicyclic) bond motifs is 3. The monoisotopic (exact) mass is 320 g/mol. The van der Waals surface area contributed by atoms with E-state index in [1.54, 1.807) is 0 Å². The Bertz CT molecular complexity index is 768. The maximum atomic E-state index is 12.7. The number of hydrogen-bond acceptors (Lipinski definition) is 2. The van der Waals surface area contributed by atoms with Crippen LogP contribution in [0, 0.1) is 0 Å². The summed E-state index contributed by atoms with van der Waals surface area (Å²) in [5, 5.41) is 3.15. The van der Waals surface area contributed by atoms with Gasteiger partial charge in [0, 0.05) is 5.69 Å². The van der Waals surface area contributed by atoms with E-state index >= 15 is 0 Å². The molecule has 3 heteroatoms. The first kappa shape index (κ1) is 15.4. The lowest BCUT2D eigenvalue weighted by molar-refractivity contribution is -0.120. The molecule has 2 aromatic rings. The molecule has 1 saturated heterocycles. The van der Waals surface area contributed by atoms with Crippen molar-refractivity contribution in [2.45, 2.75) is 38.6 Å². The van der Waals surface area contributed by atoms with Gasteiger partial charge >= 0.3 is 0 Å². The van der Waals surface area contributed by atoms with E-state index in [2.05, 4.69) is 53.5 Å². The van der Waals surface area contributed by atoms with Crippen LogP contribution in [0.1, 0.15) is 37.3 Å². The quantitative estimate of drug-likeness (QED) is 0.786. The van der Waals surface area contributed by atoms with E-state index in [-0.39, 0.29) is 11.9 Å². The smallest absolute Gasteiger partial charge is 0.241 e. The maximum Gasteiger partial charge on any atom is 0.241 e. The Morgan fingerprint density at radius 3 is 2.88 bits per heavy atom. The van der Waals surface area contributed by atoms with Crippen molar-refractivity contribution in [3.05, 3.63) is 53.6 Å². The average Bonchev–Trinajstić information content (AvgIpc) is 3.19. The summed E-state index contributed by atoms with van der Waals surface area (Å²) in [6.07, 6.45) is 4.15. The molecule has 1 aliphatic carbocycles. The van der Waals surface area contributed by atoms with Crippen molar-refractivity contribution in [3.63, 3.8) is 0 Å². The number of nitrogens with one attached hydrogen (secondary N) is 1. The van der Waals surface area contributed by atoms with Gasteiger partial charge in [0.2, 0.25) is 5.91 Å². The number of nitrogens with zero attached hydrogens (tertiary/aromatic N) is 1. The Morgan fingerprint density at radius 2 is 2.00 bits per heavy atom. The van der Waals surface area contributed by atoms with E-state index in [0.29, 0.717) is 0 Å². The normalized spacial score (nSPS) is 19.1. The molecule has 0 bridgehead atoms. The molecule has 1 aliphatic heterocycles. The van der Waals surface area contributed by atoms with Gasteiger partial charge in [-0.2, -0.15) is 0 Å². The van der Waals surface area contributed by atoms with E-state index in [1.165, 1.54) is 22.3 Å². The lowest BCUT2D eigenvalue weighted by atomic mass is 10.1. The second kappa shape index (κ2) is 6.40. The van der Waals surface area contributed by atoms with Crippen molar-refractivity contribution in [1.82, 2.24) is 4.90 Å². The molecule has 0 saturated carbocycles. The fraction of sp³-hybridized carbons (Fsp3) is 0.381. The number of carbonyl (C=O) groups is 1. The molecule has 0 spiro atoms. The molecule has 24 heavy (non-hydrogen) atoms. The Kier molecular flexibility index (Phi) is 4.11. The van der Waals surface area contributed by atoms with E-state index in [4.69, 9.17) is 0 Å². The van der Waals surface area contributed by atoms with Gasteiger partial charge in [0.25, 0.3) is 0 Å². The first-order valence-corrected chi connectivity index (χ1v) is 9.02. The summed E-state index contributed by atoms with van der Waals surface area (Å²) in [4.78, 5) is 15.0. The van der Waals surface area contributed by atoms with Crippen LogP contribution in [0.2, 0.25) is 0 Å². The van der Waals surface area contributed by atoms with E-state index in [1.807, 2.05) is 6.07 Å². The molecule has 4 rings (SSSR count). The van der Waals surface area contributed by atoms with Gasteiger partial charge in [0.1, 0.15) is 0 Å². The number of hydrogen-bond donors (Lipinski definition) is 1. The Hall–Kier alpha value is -2.13. The minimum atomic E-state index is 0.0374. The van der Waals surface area contributed by atoms with Crippen LogP contribution in [-0.4, -0.2) is 29.9 Å². The first-order valence-electron chi connectivity index (χ1n) is 9.02. The number of anilines is 1. The van der Waals surface area contributed by atoms with Gasteiger partial charge < -0.3 is 5.32 Å². The van der Waals surface area contributed by atoms with Gasteiger partial charge in [-0.05, 0) is 73.2 Å². The molecule has 1 atom stereocenters. The largest absolute Gasteiger partial charge is 0.325 e. The fourth-order valence-electron chi connectivity index (χ4n) is 4.13. The van der Waals surface area contributed by atoms with Crippen LogP contribution in [0.15, 0.2) is 42.5 Å². The summed E-state index contributed by atoms with van der Waals surface area (Å²) in [5.41, 5.74) is 6.24. The summed E-state index contributed by atoms with van der Waals surface area (Å²) >= 11 is 0. The molecule has 2 aliphatic rings. The molecular weight excluding hydrogens is 296 g/mol. The van der Waals surface area contributed by atoms with Gasteiger partial charge in [-0.1, -0.05) is 37.3 Å². The molecule has 124 valence electrons. The van der Waals surface area contributed by atoms with Crippen LogP contribution >= 0.6 is 0 Å². The van der Waals surface area contributed by atoms with Crippen LogP contribution in [0.3, 0.4) is 0 Å². The molecule has 0 unspecified atom stereocenters. The number of amides is 1. The molecule has 1 fully saturated rings. The second-order valence-electron chi connectivity index (χ2n) is 6.89. The third-order valence-corrected chi connectivity index (χ3v) is 5.24. The highest BCUT2D eigenvalue weighted by molar-refractivity contribution is 5.95. The number of benzene rings is 2. The SMILES string of the molecule is CCCN1CCC[C@H]1C(=O)Nc1ccc2c(c1)Cc1ccccc1-2. The predicted molar refractivity (Wildman–Crippen MR) is 98.2 cm³/mol. The average molecular weight is 320 g/mol. The van der Waals surface area contributed by atoms with Crippen molar-refractivity contribution < 1.29 is 4.79 Å². The molecule has 0 radical (unpaired) electrons. The van der Waals surface area contributed by atoms with Crippen molar-refractivity contribution in [3.8, 4) is 11.1 Å². The van der Waals surface area contributed by atoms with Crippen molar-refractivity contribution in [2.24, 2.45) is 0 Å². The summed E-state index contributed by atoms with van der Waals surface area (Å²) in [5.74, 6) is 0.149. The highest BCUT2D eigenvalue weighted by Crippen LogP contribution is 2.37. The number of likely N-dealkylation sites (tertiary alicyclic amines) is 1. The number of rotatable bonds is 4. The van der Waals surface area contributed by atoms with E-state index < -0.39 is 0 Å². The van der Waals surface area contributed by atoms with Crippen LogP contribution in [0.25, 0.3) is 11.1 Å². The van der Waals surface area contributed by atoms with Crippen molar-refractivity contribution in [2.75, 3.05) is 18.4 Å². The van der Waals surface area contributed by atoms with E-state index in [0.717, 1.165) is 44.5 Å². The molecular formula is C21H24N2O. The first-order chi connectivity index (χ1) is 11.8. The molecule has 0 aromatic heterocycles. The Balaban J connectivity index is 1.50. The highest BCUT2D eigenvalue weighted by Gasteiger charge is 2.30. The minimum absolute atomic E-state index is 0.0374. The van der Waals surface area contributed by atoms with Crippen molar-refractivity contribution >= 4 is 11.6 Å². The van der Waals surface area contributed by atoms with Gasteiger partial charge in [-0.3, -0.25) is 9.69 Å². The summed E-state index contributed by atoms with van der Waals surface area (Å²) in [6, 6.07) is 14.9. The van der Waals surface area contributed by atoms with Gasteiger partial charge in [-0.25, -0.2) is 0 Å². The third kappa shape index (κ3) is 2.73. The number of carbonyl (C=O) groups excluding carboxylic acids is 1. The standard InChI is InChI=1S/C21H24N2O/c1-2-11-23-12-5-8-20(23)21(24)22-17-9-10-19-16(14-17)13-15-6-3-4-7-18(15)19/h3-4,6-7,9-10,14,20H,2,5,8,11-13H2,1H3,(H,22,24)/t20-/m0/s1. The third-order valence-electron chi connectivity index (χ3n) is 5.24. The minimum Gasteiger partial charge on any atom is -0.325 e. The topological polar surface area (TPSA) is 32.3 Å². The lowest BCUT2D eigenvalue weighted by Gasteiger charge is -2.23. The summed E-state index contributed by atoms with van der Waals surface area (Å²) < 4.78 is 0. The lowest BCUT2D eigenvalue weighted by Crippen LogP contribution is -2.39. The summed E-state index contributed by atoms with van der Waals surface area (Å²) in [6.45, 7) is 4.23. The second-order valence-corrected chi connectivity index (χ2v) is 6.89. The van der Waals surface area contributed by atoms with Gasteiger partial charge in [-0.15, -0.1) is 0 Å². The van der Waals surface area contributed by atoms with Gasteiger partial charge in [0.05, 0.1) is 6.04 Å². The zero-order valence-electron chi connectivity index (χ0n) is 14.2. The van der Waals surface area contributed by atoms with Gasteiger partial charge in [0.15, 0.2) is 0 Å². The zero-order valence-corrected chi connectivity index (χ0v) is 14.2. The predicted octanol–water partition coefficient (Wildman–Crippen LogP) is 4.07. The summed E-state index contributed by atoms with van der Waals surface area (Å²) in [7, 11) is 0. The van der Waals surface area contributed by atoms with Crippen LogP contribution < -0.4 is 5.32 Å². The fourth-order valence-corrected chi connectivity index (χ4v) is 4.13. The van der Waals surface area contributed by atoms with Crippen LogP contribution in [-0.2, 0) is 11.2 Å². The Morgan fingerprint density at radius 1 is 1.17 bits per heavy atom. The van der Waals surface area contributed by atoms with Crippen LogP contribution in [0.5, 0.6) is 0 Å². The maximum absolute atomic E-state index is 12.7. The van der Waals surface area contributed by atoms with Crippen LogP contribution in [0.4, 0.5) is 5.69 Å². The molecule has 1 amide bonds. The highest BCUT2D eigenvalue weighted by atomic mass is 16.2. The molecule has 1 heterocycles. The zero-order chi connectivity index (χ0) is 16.5.